The normalized spacial score (nSPS) is 10.5. The number of aromatic amines is 1. The van der Waals surface area contributed by atoms with Crippen molar-refractivity contribution < 1.29 is 9.90 Å². The average molecular weight is 248 g/mol. The quantitative estimate of drug-likeness (QED) is 0.820. The number of rotatable bonds is 3. The molecule has 0 unspecified atom stereocenters. The van der Waals surface area contributed by atoms with E-state index in [4.69, 9.17) is 5.11 Å². The van der Waals surface area contributed by atoms with Gasteiger partial charge in [-0.15, -0.1) is 11.8 Å². The summed E-state index contributed by atoms with van der Waals surface area (Å²) >= 11 is 1.65. The molecule has 0 saturated heterocycles. The van der Waals surface area contributed by atoms with Crippen molar-refractivity contribution >= 4 is 17.7 Å². The molecule has 0 aliphatic carbocycles. The summed E-state index contributed by atoms with van der Waals surface area (Å²) in [6.07, 6.45) is 2.00. The predicted molar refractivity (Wildman–Crippen MR) is 67.5 cm³/mol. The third-order valence-electron chi connectivity index (χ3n) is 2.53. The first-order valence-corrected chi connectivity index (χ1v) is 6.28. The molecule has 1 aromatic carbocycles. The number of H-pyrrole nitrogens is 1. The maximum Gasteiger partial charge on any atom is 0.357 e. The van der Waals surface area contributed by atoms with Gasteiger partial charge in [0.25, 0.3) is 0 Å². The van der Waals surface area contributed by atoms with Crippen LogP contribution in [0.15, 0.2) is 29.2 Å². The van der Waals surface area contributed by atoms with Crippen molar-refractivity contribution in [2.75, 3.05) is 6.26 Å². The Morgan fingerprint density at radius 3 is 2.53 bits per heavy atom. The summed E-state index contributed by atoms with van der Waals surface area (Å²) in [5.41, 5.74) is 2.36. The SMILES string of the molecule is CSc1ccc(-c2c(C(=O)O)n[nH]c2C)cc1. The first kappa shape index (κ1) is 11.7. The van der Waals surface area contributed by atoms with Crippen molar-refractivity contribution in [3.05, 3.63) is 35.7 Å². The van der Waals surface area contributed by atoms with E-state index in [9.17, 15) is 4.79 Å². The van der Waals surface area contributed by atoms with Crippen LogP contribution in [0.1, 0.15) is 16.2 Å². The van der Waals surface area contributed by atoms with Crippen LogP contribution in [-0.4, -0.2) is 27.5 Å². The average Bonchev–Trinajstić information content (AvgIpc) is 2.71. The van der Waals surface area contributed by atoms with Gasteiger partial charge in [0.2, 0.25) is 0 Å². The van der Waals surface area contributed by atoms with Crippen molar-refractivity contribution in [3.8, 4) is 11.1 Å². The molecule has 0 amide bonds. The lowest BCUT2D eigenvalue weighted by atomic mass is 10.0. The molecule has 0 atom stereocenters. The molecule has 0 saturated carbocycles. The Hall–Kier alpha value is -1.75. The number of aromatic nitrogens is 2. The molecule has 17 heavy (non-hydrogen) atoms. The summed E-state index contributed by atoms with van der Waals surface area (Å²) in [4.78, 5) is 12.2. The van der Waals surface area contributed by atoms with E-state index >= 15 is 0 Å². The van der Waals surface area contributed by atoms with Gasteiger partial charge in [-0.3, -0.25) is 5.10 Å². The molecule has 4 nitrogen and oxygen atoms in total. The number of carbonyl (C=O) groups is 1. The number of aromatic carboxylic acids is 1. The van der Waals surface area contributed by atoms with Gasteiger partial charge in [-0.1, -0.05) is 12.1 Å². The van der Waals surface area contributed by atoms with E-state index < -0.39 is 5.97 Å². The fourth-order valence-electron chi connectivity index (χ4n) is 1.69. The van der Waals surface area contributed by atoms with Gasteiger partial charge in [0, 0.05) is 16.2 Å². The van der Waals surface area contributed by atoms with Crippen LogP contribution in [0.5, 0.6) is 0 Å². The number of aryl methyl sites for hydroxylation is 1. The van der Waals surface area contributed by atoms with Gasteiger partial charge in [-0.25, -0.2) is 4.79 Å². The fraction of sp³-hybridized carbons (Fsp3) is 0.167. The van der Waals surface area contributed by atoms with Crippen LogP contribution in [0.25, 0.3) is 11.1 Å². The largest absolute Gasteiger partial charge is 0.476 e. The lowest BCUT2D eigenvalue weighted by Crippen LogP contribution is -1.99. The molecule has 1 heterocycles. The number of benzene rings is 1. The summed E-state index contributed by atoms with van der Waals surface area (Å²) in [5.74, 6) is -1.02. The molecular formula is C12H12N2O2S. The molecule has 0 aliphatic heterocycles. The maximum absolute atomic E-state index is 11.0. The molecule has 2 aromatic rings. The number of nitrogens with one attached hydrogen (secondary N) is 1. The summed E-state index contributed by atoms with van der Waals surface area (Å²) in [6.45, 7) is 1.82. The molecule has 2 rings (SSSR count). The van der Waals surface area contributed by atoms with E-state index in [1.165, 1.54) is 0 Å². The molecule has 5 heteroatoms. The summed E-state index contributed by atoms with van der Waals surface area (Å²) in [5, 5.41) is 15.6. The maximum atomic E-state index is 11.0. The topological polar surface area (TPSA) is 66.0 Å². The molecule has 0 aliphatic rings. The van der Waals surface area contributed by atoms with Crippen molar-refractivity contribution in [1.82, 2.24) is 10.2 Å². The fourth-order valence-corrected chi connectivity index (χ4v) is 2.10. The zero-order chi connectivity index (χ0) is 12.4. The molecule has 0 bridgehead atoms. The summed E-state index contributed by atoms with van der Waals surface area (Å²) < 4.78 is 0. The zero-order valence-electron chi connectivity index (χ0n) is 9.52. The number of carboxylic acids is 1. The second kappa shape index (κ2) is 4.63. The zero-order valence-corrected chi connectivity index (χ0v) is 10.3. The molecule has 0 radical (unpaired) electrons. The first-order chi connectivity index (χ1) is 8.13. The molecule has 2 N–H and O–H groups in total. The lowest BCUT2D eigenvalue weighted by Gasteiger charge is -2.02. The highest BCUT2D eigenvalue weighted by molar-refractivity contribution is 7.98. The molecular weight excluding hydrogens is 236 g/mol. The molecule has 1 aromatic heterocycles. The van der Waals surface area contributed by atoms with E-state index in [1.807, 2.05) is 37.4 Å². The van der Waals surface area contributed by atoms with Gasteiger partial charge in [-0.05, 0) is 30.9 Å². The van der Waals surface area contributed by atoms with Crippen LogP contribution in [0, 0.1) is 6.92 Å². The van der Waals surface area contributed by atoms with E-state index in [0.29, 0.717) is 5.56 Å². The van der Waals surface area contributed by atoms with Crippen molar-refractivity contribution in [3.63, 3.8) is 0 Å². The van der Waals surface area contributed by atoms with Gasteiger partial charge >= 0.3 is 5.97 Å². The van der Waals surface area contributed by atoms with Gasteiger partial charge < -0.3 is 5.11 Å². The Bertz CT molecular complexity index is 546. The summed E-state index contributed by atoms with van der Waals surface area (Å²) in [6, 6.07) is 7.77. The minimum atomic E-state index is -1.02. The van der Waals surface area contributed by atoms with Crippen LogP contribution >= 0.6 is 11.8 Å². The minimum absolute atomic E-state index is 0.0689. The van der Waals surface area contributed by atoms with Crippen LogP contribution in [0.3, 0.4) is 0 Å². The molecule has 0 fully saturated rings. The van der Waals surface area contributed by atoms with Crippen molar-refractivity contribution in [2.24, 2.45) is 0 Å². The number of carboxylic acid groups (broad SMARTS) is 1. The second-order valence-corrected chi connectivity index (χ2v) is 4.49. The monoisotopic (exact) mass is 248 g/mol. The Kier molecular flexibility index (Phi) is 3.19. The van der Waals surface area contributed by atoms with Crippen LogP contribution in [0.2, 0.25) is 0 Å². The number of hydrogen-bond acceptors (Lipinski definition) is 3. The Morgan fingerprint density at radius 1 is 1.35 bits per heavy atom. The van der Waals surface area contributed by atoms with Crippen LogP contribution in [0.4, 0.5) is 0 Å². The predicted octanol–water partition coefficient (Wildman–Crippen LogP) is 2.81. The van der Waals surface area contributed by atoms with E-state index in [0.717, 1.165) is 16.2 Å². The van der Waals surface area contributed by atoms with E-state index in [-0.39, 0.29) is 5.69 Å². The number of nitrogens with zero attached hydrogens (tertiary/aromatic N) is 1. The highest BCUT2D eigenvalue weighted by Crippen LogP contribution is 2.27. The molecule has 0 spiro atoms. The Balaban J connectivity index is 2.51. The van der Waals surface area contributed by atoms with Gasteiger partial charge in [0.15, 0.2) is 5.69 Å². The van der Waals surface area contributed by atoms with Gasteiger partial charge in [-0.2, -0.15) is 5.10 Å². The van der Waals surface area contributed by atoms with Crippen molar-refractivity contribution in [2.45, 2.75) is 11.8 Å². The Labute approximate surface area is 103 Å². The van der Waals surface area contributed by atoms with Gasteiger partial charge in [0.05, 0.1) is 0 Å². The second-order valence-electron chi connectivity index (χ2n) is 3.61. The van der Waals surface area contributed by atoms with E-state index in [2.05, 4.69) is 10.2 Å². The standard InChI is InChI=1S/C12H12N2O2S/c1-7-10(11(12(15)16)14-13-7)8-3-5-9(17-2)6-4-8/h3-6H,1-2H3,(H,13,14)(H,15,16). The highest BCUT2D eigenvalue weighted by atomic mass is 32.2. The number of thioether (sulfide) groups is 1. The lowest BCUT2D eigenvalue weighted by molar-refractivity contribution is 0.0691. The Morgan fingerprint density at radius 2 is 2.00 bits per heavy atom. The van der Waals surface area contributed by atoms with Crippen LogP contribution in [-0.2, 0) is 0 Å². The first-order valence-electron chi connectivity index (χ1n) is 5.06. The minimum Gasteiger partial charge on any atom is -0.476 e. The highest BCUT2D eigenvalue weighted by Gasteiger charge is 2.17. The summed E-state index contributed by atoms with van der Waals surface area (Å²) in [7, 11) is 0. The molecule has 88 valence electrons. The van der Waals surface area contributed by atoms with E-state index in [1.54, 1.807) is 11.8 Å². The third kappa shape index (κ3) is 2.19. The van der Waals surface area contributed by atoms with Crippen molar-refractivity contribution in [1.29, 1.82) is 0 Å². The number of hydrogen-bond donors (Lipinski definition) is 2. The van der Waals surface area contributed by atoms with Gasteiger partial charge in [0.1, 0.15) is 0 Å². The third-order valence-corrected chi connectivity index (χ3v) is 3.27. The smallest absolute Gasteiger partial charge is 0.357 e. The van der Waals surface area contributed by atoms with Crippen LogP contribution < -0.4 is 0 Å².